The van der Waals surface area contributed by atoms with E-state index in [1.165, 1.54) is 23.0 Å². The topological polar surface area (TPSA) is 76.7 Å². The van der Waals surface area contributed by atoms with E-state index in [-0.39, 0.29) is 18.9 Å². The second-order valence-electron chi connectivity index (χ2n) is 3.36. The van der Waals surface area contributed by atoms with Gasteiger partial charge in [-0.05, 0) is 0 Å². The maximum Gasteiger partial charge on any atom is 0.310 e. The number of aromatic nitrogens is 3. The Morgan fingerprint density at radius 1 is 1.65 bits per heavy atom. The highest BCUT2D eigenvalue weighted by Crippen LogP contribution is 2.17. The fourth-order valence-electron chi connectivity index (χ4n) is 1.38. The Hall–Kier alpha value is -2.37. The van der Waals surface area contributed by atoms with Gasteiger partial charge in [-0.15, -0.1) is 0 Å². The molecule has 0 saturated carbocycles. The van der Waals surface area contributed by atoms with E-state index in [4.69, 9.17) is 4.74 Å². The Balaban J connectivity index is 2.21. The van der Waals surface area contributed by atoms with Gasteiger partial charge in [0.25, 0.3) is 0 Å². The predicted octanol–water partition coefficient (Wildman–Crippen LogP) is 0.707. The normalized spacial score (nSPS) is 10.4. The van der Waals surface area contributed by atoms with Crippen molar-refractivity contribution in [2.24, 2.45) is 0 Å². The summed E-state index contributed by atoms with van der Waals surface area (Å²) in [5.41, 5.74) is 0.890. The van der Waals surface area contributed by atoms with Crippen LogP contribution >= 0.6 is 0 Å². The number of ether oxygens (including phenoxy) is 1. The fraction of sp³-hybridized carbons (Fsp3) is 0.182. The van der Waals surface area contributed by atoms with Crippen molar-refractivity contribution in [2.75, 3.05) is 6.61 Å². The van der Waals surface area contributed by atoms with Crippen LogP contribution < -0.4 is 0 Å². The molecule has 0 spiro atoms. The van der Waals surface area contributed by atoms with E-state index in [1.54, 1.807) is 6.07 Å². The molecule has 0 aliphatic carbocycles. The second-order valence-corrected chi connectivity index (χ2v) is 3.36. The number of hydrogen-bond donors (Lipinski definition) is 1. The first-order chi connectivity index (χ1) is 8.22. The first-order valence-corrected chi connectivity index (χ1v) is 4.99. The molecule has 0 saturated heterocycles. The van der Waals surface area contributed by atoms with Crippen LogP contribution in [0.15, 0.2) is 31.1 Å². The summed E-state index contributed by atoms with van der Waals surface area (Å²) in [4.78, 5) is 15.4. The van der Waals surface area contributed by atoms with Gasteiger partial charge in [-0.2, -0.15) is 9.61 Å². The molecular formula is C11H11N3O3. The van der Waals surface area contributed by atoms with E-state index in [1.807, 2.05) is 0 Å². The van der Waals surface area contributed by atoms with Gasteiger partial charge < -0.3 is 9.84 Å². The Bertz CT molecular complexity index is 562. The van der Waals surface area contributed by atoms with Crippen LogP contribution in [-0.4, -0.2) is 32.3 Å². The van der Waals surface area contributed by atoms with Gasteiger partial charge in [0, 0.05) is 17.8 Å². The third-order valence-corrected chi connectivity index (χ3v) is 2.16. The Kier molecular flexibility index (Phi) is 3.04. The van der Waals surface area contributed by atoms with Gasteiger partial charge in [-0.25, -0.2) is 4.98 Å². The summed E-state index contributed by atoms with van der Waals surface area (Å²) in [7, 11) is 0. The van der Waals surface area contributed by atoms with E-state index in [0.717, 1.165) is 0 Å². The van der Waals surface area contributed by atoms with E-state index >= 15 is 0 Å². The van der Waals surface area contributed by atoms with Gasteiger partial charge in [-0.1, -0.05) is 12.7 Å². The number of aromatic hydroxyl groups is 1. The van der Waals surface area contributed by atoms with E-state index < -0.39 is 5.97 Å². The number of rotatable bonds is 4. The lowest BCUT2D eigenvalue weighted by molar-refractivity contribution is -0.141. The molecule has 0 aromatic carbocycles. The number of hydrogen-bond acceptors (Lipinski definition) is 5. The quantitative estimate of drug-likeness (QED) is 0.621. The predicted molar refractivity (Wildman–Crippen MR) is 59.5 cm³/mol. The number of esters is 1. The van der Waals surface area contributed by atoms with E-state index in [2.05, 4.69) is 16.7 Å². The summed E-state index contributed by atoms with van der Waals surface area (Å²) in [5.74, 6) is -0.552. The van der Waals surface area contributed by atoms with Crippen LogP contribution in [0.25, 0.3) is 5.65 Å². The summed E-state index contributed by atoms with van der Waals surface area (Å²) in [6, 6.07) is 1.65. The number of carbonyl (C=O) groups excluding carboxylic acids is 1. The van der Waals surface area contributed by atoms with Gasteiger partial charge in [0.2, 0.25) is 5.88 Å². The average molecular weight is 233 g/mol. The molecule has 6 heteroatoms. The first kappa shape index (κ1) is 11.1. The van der Waals surface area contributed by atoms with Crippen molar-refractivity contribution in [2.45, 2.75) is 6.42 Å². The van der Waals surface area contributed by atoms with Crippen molar-refractivity contribution < 1.29 is 14.6 Å². The minimum absolute atomic E-state index is 0.0531. The number of fused-ring (bicyclic) bond motifs is 1. The largest absolute Gasteiger partial charge is 0.493 e. The summed E-state index contributed by atoms with van der Waals surface area (Å²) >= 11 is 0. The lowest BCUT2D eigenvalue weighted by Gasteiger charge is -2.05. The minimum Gasteiger partial charge on any atom is -0.493 e. The molecule has 0 unspecified atom stereocenters. The Morgan fingerprint density at radius 3 is 3.24 bits per heavy atom. The average Bonchev–Trinajstić information content (AvgIpc) is 2.79. The van der Waals surface area contributed by atoms with Crippen LogP contribution in [0.1, 0.15) is 5.56 Å². The molecule has 2 aromatic heterocycles. The molecule has 6 nitrogen and oxygen atoms in total. The minimum atomic E-state index is -0.450. The maximum atomic E-state index is 11.4. The van der Waals surface area contributed by atoms with Crippen molar-refractivity contribution in [1.82, 2.24) is 14.6 Å². The van der Waals surface area contributed by atoms with Crippen LogP contribution in [0.3, 0.4) is 0 Å². The third kappa shape index (κ3) is 2.25. The van der Waals surface area contributed by atoms with Crippen LogP contribution in [0, 0.1) is 0 Å². The fourth-order valence-corrected chi connectivity index (χ4v) is 1.38. The molecule has 0 radical (unpaired) electrons. The van der Waals surface area contributed by atoms with E-state index in [9.17, 15) is 9.90 Å². The summed E-state index contributed by atoms with van der Waals surface area (Å²) in [6.07, 6.45) is 4.37. The number of nitrogens with zero attached hydrogens (tertiary/aromatic N) is 3. The SMILES string of the molecule is C=CCOC(=O)Cc1cnc2ccnn2c1O. The second kappa shape index (κ2) is 4.65. The van der Waals surface area contributed by atoms with Gasteiger partial charge >= 0.3 is 5.97 Å². The van der Waals surface area contributed by atoms with Gasteiger partial charge in [0.15, 0.2) is 5.65 Å². The van der Waals surface area contributed by atoms with Crippen LogP contribution in [-0.2, 0) is 16.0 Å². The zero-order valence-electron chi connectivity index (χ0n) is 9.04. The first-order valence-electron chi connectivity index (χ1n) is 4.99. The van der Waals surface area contributed by atoms with Gasteiger partial charge in [-0.3, -0.25) is 4.79 Å². The standard InChI is InChI=1S/C11H11N3O3/c1-2-5-17-10(15)6-8-7-12-9-3-4-13-14(9)11(8)16/h2-4,7,16H,1,5-6H2. The van der Waals surface area contributed by atoms with Gasteiger partial charge in [0.1, 0.15) is 6.61 Å². The van der Waals surface area contributed by atoms with Crippen LogP contribution in [0.2, 0.25) is 0 Å². The molecule has 0 atom stereocenters. The number of carbonyl (C=O) groups is 1. The Labute approximate surface area is 97.2 Å². The molecule has 2 rings (SSSR count). The van der Waals surface area contributed by atoms with Crippen molar-refractivity contribution in [3.63, 3.8) is 0 Å². The van der Waals surface area contributed by atoms with Crippen molar-refractivity contribution >= 4 is 11.6 Å². The summed E-state index contributed by atoms with van der Waals surface area (Å²) in [5, 5.41) is 13.7. The van der Waals surface area contributed by atoms with Crippen molar-refractivity contribution in [1.29, 1.82) is 0 Å². The van der Waals surface area contributed by atoms with Gasteiger partial charge in [0.05, 0.1) is 12.6 Å². The molecule has 2 heterocycles. The lowest BCUT2D eigenvalue weighted by atomic mass is 10.2. The molecule has 0 aliphatic rings. The zero-order chi connectivity index (χ0) is 12.3. The molecule has 0 amide bonds. The molecular weight excluding hydrogens is 222 g/mol. The zero-order valence-corrected chi connectivity index (χ0v) is 9.04. The Morgan fingerprint density at radius 2 is 2.47 bits per heavy atom. The highest BCUT2D eigenvalue weighted by molar-refractivity contribution is 5.73. The van der Waals surface area contributed by atoms with Crippen molar-refractivity contribution in [3.05, 3.63) is 36.7 Å². The van der Waals surface area contributed by atoms with Crippen LogP contribution in [0.5, 0.6) is 5.88 Å². The molecule has 0 fully saturated rings. The molecule has 17 heavy (non-hydrogen) atoms. The summed E-state index contributed by atoms with van der Waals surface area (Å²) < 4.78 is 6.08. The molecule has 0 bridgehead atoms. The molecule has 88 valence electrons. The molecule has 0 aliphatic heterocycles. The van der Waals surface area contributed by atoms with E-state index in [0.29, 0.717) is 11.2 Å². The third-order valence-electron chi connectivity index (χ3n) is 2.16. The van der Waals surface area contributed by atoms with Crippen LogP contribution in [0.4, 0.5) is 0 Å². The maximum absolute atomic E-state index is 11.4. The molecule has 1 N–H and O–H groups in total. The highest BCUT2D eigenvalue weighted by Gasteiger charge is 2.12. The van der Waals surface area contributed by atoms with Crippen molar-refractivity contribution in [3.8, 4) is 5.88 Å². The summed E-state index contributed by atoms with van der Waals surface area (Å²) in [6.45, 7) is 3.59. The monoisotopic (exact) mass is 233 g/mol. The smallest absolute Gasteiger partial charge is 0.310 e. The highest BCUT2D eigenvalue weighted by atomic mass is 16.5. The lowest BCUT2D eigenvalue weighted by Crippen LogP contribution is -2.09. The molecule has 2 aromatic rings.